The second kappa shape index (κ2) is 10.1. The normalized spacial score (nSPS) is 10.6. The number of carbonyl (C=O) groups is 1. The van der Waals surface area contributed by atoms with Crippen molar-refractivity contribution >= 4 is 34.7 Å². The Morgan fingerprint density at radius 3 is 2.25 bits per heavy atom. The monoisotopic (exact) mass is 477 g/mol. The van der Waals surface area contributed by atoms with Crippen LogP contribution < -0.4 is 16.0 Å². The van der Waals surface area contributed by atoms with Gasteiger partial charge in [-0.1, -0.05) is 35.5 Å². The summed E-state index contributed by atoms with van der Waals surface area (Å²) in [6.45, 7) is 3.83. The number of hydrogen-bond donors (Lipinski definition) is 3. The van der Waals surface area contributed by atoms with E-state index < -0.39 is 0 Å². The Morgan fingerprint density at radius 2 is 1.50 bits per heavy atom. The van der Waals surface area contributed by atoms with Gasteiger partial charge in [0.15, 0.2) is 11.5 Å². The molecule has 9 nitrogen and oxygen atoms in total. The van der Waals surface area contributed by atoms with E-state index in [9.17, 15) is 4.79 Å². The van der Waals surface area contributed by atoms with Gasteiger partial charge in [-0.05, 0) is 55.8 Å². The minimum atomic E-state index is -0.353. The molecular formula is C27H23N7O2. The zero-order valence-corrected chi connectivity index (χ0v) is 19.7. The maximum atomic E-state index is 12.6. The summed E-state index contributed by atoms with van der Waals surface area (Å²) >= 11 is 0. The summed E-state index contributed by atoms with van der Waals surface area (Å²) in [4.78, 5) is 25.8. The fourth-order valence-corrected chi connectivity index (χ4v) is 3.53. The number of nitrogens with zero attached hydrogens (tertiary/aromatic N) is 4. The molecule has 5 aromatic rings. The highest BCUT2D eigenvalue weighted by Crippen LogP contribution is 2.23. The summed E-state index contributed by atoms with van der Waals surface area (Å²) in [5.74, 6) is 2.77. The van der Waals surface area contributed by atoms with E-state index in [-0.39, 0.29) is 11.6 Å². The molecule has 0 spiro atoms. The van der Waals surface area contributed by atoms with Gasteiger partial charge in [0.05, 0.1) is 0 Å². The Labute approximate surface area is 207 Å². The van der Waals surface area contributed by atoms with Crippen LogP contribution in [0.4, 0.5) is 28.8 Å². The molecule has 0 aliphatic rings. The second-order valence-electron chi connectivity index (χ2n) is 8.13. The summed E-state index contributed by atoms with van der Waals surface area (Å²) in [5.41, 5.74) is 3.59. The van der Waals surface area contributed by atoms with Gasteiger partial charge in [-0.15, -0.1) is 0 Å². The molecule has 36 heavy (non-hydrogen) atoms. The molecule has 2 aromatic carbocycles. The number of aromatic nitrogens is 4. The fraction of sp³-hybridized carbons (Fsp3) is 0.0741. The van der Waals surface area contributed by atoms with Crippen molar-refractivity contribution in [2.24, 2.45) is 0 Å². The molecule has 0 saturated heterocycles. The summed E-state index contributed by atoms with van der Waals surface area (Å²) in [6.07, 6.45) is 1.75. The van der Waals surface area contributed by atoms with Crippen molar-refractivity contribution in [1.29, 1.82) is 0 Å². The molecule has 178 valence electrons. The standard InChI is InChI=1S/C27H23N7O2/c1-17-12-13-28-24(14-17)33-26-16-25(29-18(2)30-26)31-20-8-10-21(11-9-20)32-27(35)22-15-23(36-34-22)19-6-4-3-5-7-19/h3-16H,1-2H3,(H,32,35)(H2,28,29,30,31,33). The van der Waals surface area contributed by atoms with Gasteiger partial charge in [0.2, 0.25) is 0 Å². The van der Waals surface area contributed by atoms with Crippen molar-refractivity contribution in [3.63, 3.8) is 0 Å². The first kappa shape index (κ1) is 22.7. The van der Waals surface area contributed by atoms with Crippen LogP contribution in [0.15, 0.2) is 89.6 Å². The number of nitrogens with one attached hydrogen (secondary N) is 3. The van der Waals surface area contributed by atoms with Gasteiger partial charge in [-0.3, -0.25) is 4.79 Å². The van der Waals surface area contributed by atoms with E-state index in [2.05, 4.69) is 36.1 Å². The van der Waals surface area contributed by atoms with Crippen LogP contribution in [0.5, 0.6) is 0 Å². The Bertz CT molecular complexity index is 1500. The molecule has 0 aliphatic heterocycles. The smallest absolute Gasteiger partial charge is 0.277 e. The number of amides is 1. The van der Waals surface area contributed by atoms with Gasteiger partial charge in [-0.25, -0.2) is 15.0 Å². The van der Waals surface area contributed by atoms with Crippen LogP contribution in [0, 0.1) is 13.8 Å². The molecule has 3 N–H and O–H groups in total. The van der Waals surface area contributed by atoms with Crippen LogP contribution in [0.1, 0.15) is 21.9 Å². The predicted octanol–water partition coefficient (Wildman–Crippen LogP) is 5.88. The van der Waals surface area contributed by atoms with Crippen LogP contribution in [-0.2, 0) is 0 Å². The molecule has 9 heteroatoms. The van der Waals surface area contributed by atoms with Crippen molar-refractivity contribution < 1.29 is 9.32 Å². The lowest BCUT2D eigenvalue weighted by Crippen LogP contribution is -2.12. The second-order valence-corrected chi connectivity index (χ2v) is 8.13. The highest BCUT2D eigenvalue weighted by atomic mass is 16.5. The molecule has 0 aliphatic carbocycles. The zero-order valence-electron chi connectivity index (χ0n) is 19.7. The van der Waals surface area contributed by atoms with Gasteiger partial charge in [0.25, 0.3) is 5.91 Å². The molecule has 0 saturated carbocycles. The van der Waals surface area contributed by atoms with Crippen molar-refractivity contribution in [2.75, 3.05) is 16.0 Å². The number of benzene rings is 2. The lowest BCUT2D eigenvalue weighted by atomic mass is 10.1. The highest BCUT2D eigenvalue weighted by molar-refractivity contribution is 6.03. The largest absolute Gasteiger partial charge is 0.355 e. The molecule has 0 radical (unpaired) electrons. The van der Waals surface area contributed by atoms with Gasteiger partial charge in [0, 0.05) is 35.3 Å². The fourth-order valence-electron chi connectivity index (χ4n) is 3.53. The van der Waals surface area contributed by atoms with E-state index in [1.54, 1.807) is 24.4 Å². The molecule has 3 aromatic heterocycles. The Balaban J connectivity index is 1.23. The highest BCUT2D eigenvalue weighted by Gasteiger charge is 2.14. The van der Waals surface area contributed by atoms with Crippen molar-refractivity contribution in [3.05, 3.63) is 102 Å². The lowest BCUT2D eigenvalue weighted by molar-refractivity contribution is 0.101. The van der Waals surface area contributed by atoms with Crippen LogP contribution in [0.25, 0.3) is 11.3 Å². The predicted molar refractivity (Wildman–Crippen MR) is 139 cm³/mol. The molecule has 0 bridgehead atoms. The quantitative estimate of drug-likeness (QED) is 0.266. The summed E-state index contributed by atoms with van der Waals surface area (Å²) in [6, 6.07) is 24.1. The summed E-state index contributed by atoms with van der Waals surface area (Å²) < 4.78 is 5.32. The molecule has 1 amide bonds. The number of rotatable bonds is 7. The maximum absolute atomic E-state index is 12.6. The molecular weight excluding hydrogens is 454 g/mol. The van der Waals surface area contributed by atoms with Gasteiger partial charge in [0.1, 0.15) is 23.3 Å². The van der Waals surface area contributed by atoms with E-state index in [0.29, 0.717) is 34.7 Å². The summed E-state index contributed by atoms with van der Waals surface area (Å²) in [5, 5.41) is 13.2. The van der Waals surface area contributed by atoms with Crippen LogP contribution in [-0.4, -0.2) is 26.0 Å². The van der Waals surface area contributed by atoms with Crippen LogP contribution in [0.2, 0.25) is 0 Å². The lowest BCUT2D eigenvalue weighted by Gasteiger charge is -2.11. The molecule has 0 atom stereocenters. The minimum absolute atomic E-state index is 0.204. The Morgan fingerprint density at radius 1 is 0.778 bits per heavy atom. The van der Waals surface area contributed by atoms with Crippen LogP contribution in [0.3, 0.4) is 0 Å². The van der Waals surface area contributed by atoms with Gasteiger partial charge in [-0.2, -0.15) is 0 Å². The first-order valence-electron chi connectivity index (χ1n) is 11.3. The minimum Gasteiger partial charge on any atom is -0.355 e. The van der Waals surface area contributed by atoms with Crippen molar-refractivity contribution in [1.82, 2.24) is 20.1 Å². The van der Waals surface area contributed by atoms with Crippen molar-refractivity contribution in [2.45, 2.75) is 13.8 Å². The zero-order chi connectivity index (χ0) is 24.9. The Kier molecular flexibility index (Phi) is 6.35. The molecule has 0 unspecified atom stereocenters. The summed E-state index contributed by atoms with van der Waals surface area (Å²) in [7, 11) is 0. The SMILES string of the molecule is Cc1ccnc(Nc2cc(Nc3ccc(NC(=O)c4cc(-c5ccccc5)on4)cc3)nc(C)n2)c1. The maximum Gasteiger partial charge on any atom is 0.277 e. The van der Waals surface area contributed by atoms with E-state index in [1.807, 2.05) is 74.5 Å². The molecule has 5 rings (SSSR count). The number of aryl methyl sites for hydroxylation is 2. The molecule has 3 heterocycles. The third kappa shape index (κ3) is 5.53. The van der Waals surface area contributed by atoms with E-state index in [0.717, 1.165) is 16.8 Å². The number of pyridine rings is 1. The average molecular weight is 478 g/mol. The number of hydrogen-bond acceptors (Lipinski definition) is 8. The first-order chi connectivity index (χ1) is 17.5. The average Bonchev–Trinajstić information content (AvgIpc) is 3.36. The van der Waals surface area contributed by atoms with Gasteiger partial charge < -0.3 is 20.5 Å². The van der Waals surface area contributed by atoms with E-state index in [4.69, 9.17) is 4.52 Å². The first-order valence-corrected chi connectivity index (χ1v) is 11.3. The molecule has 0 fully saturated rings. The third-order valence-electron chi connectivity index (χ3n) is 5.23. The van der Waals surface area contributed by atoms with Gasteiger partial charge >= 0.3 is 0 Å². The van der Waals surface area contributed by atoms with Crippen molar-refractivity contribution in [3.8, 4) is 11.3 Å². The van der Waals surface area contributed by atoms with Crippen LogP contribution >= 0.6 is 0 Å². The Hall–Kier alpha value is -5.05. The number of carbonyl (C=O) groups excluding carboxylic acids is 1. The third-order valence-corrected chi connectivity index (χ3v) is 5.23. The topological polar surface area (TPSA) is 118 Å². The number of anilines is 5. The van der Waals surface area contributed by atoms with E-state index >= 15 is 0 Å². The van der Waals surface area contributed by atoms with E-state index in [1.165, 1.54) is 0 Å².